The van der Waals surface area contributed by atoms with Crippen molar-refractivity contribution in [1.82, 2.24) is 5.32 Å². The first kappa shape index (κ1) is 28.1. The van der Waals surface area contributed by atoms with E-state index in [1.54, 1.807) is 0 Å². The van der Waals surface area contributed by atoms with Crippen molar-refractivity contribution >= 4 is 17.8 Å². The third-order valence-corrected chi connectivity index (χ3v) is 5.24. The molecular weight excluding hydrogens is 382 g/mol. The van der Waals surface area contributed by atoms with Crippen LogP contribution in [0.2, 0.25) is 0 Å². The van der Waals surface area contributed by atoms with Crippen LogP contribution in [-0.4, -0.2) is 34.6 Å². The third-order valence-electron chi connectivity index (χ3n) is 5.24. The van der Waals surface area contributed by atoms with Crippen LogP contribution in [0.25, 0.3) is 0 Å². The van der Waals surface area contributed by atoms with Crippen molar-refractivity contribution in [3.05, 3.63) is 12.2 Å². The van der Waals surface area contributed by atoms with Gasteiger partial charge in [0, 0.05) is 25.1 Å². The van der Waals surface area contributed by atoms with Gasteiger partial charge < -0.3 is 15.5 Å². The Bertz CT molecular complexity index is 476. The largest absolute Gasteiger partial charge is 0.481 e. The number of unbranched alkanes of at least 4 members (excludes halogenated alkanes) is 16. The van der Waals surface area contributed by atoms with Gasteiger partial charge in [0.2, 0.25) is 5.91 Å². The average molecular weight is 426 g/mol. The second-order valence-corrected chi connectivity index (χ2v) is 8.12. The first-order valence-electron chi connectivity index (χ1n) is 11.9. The Balaban J connectivity index is 3.14. The van der Waals surface area contributed by atoms with Crippen molar-refractivity contribution in [2.45, 2.75) is 116 Å². The molecule has 0 radical (unpaired) electrons. The lowest BCUT2D eigenvalue weighted by Gasteiger charge is -2.04. The molecule has 0 fully saturated rings. The van der Waals surface area contributed by atoms with E-state index in [1.807, 2.05) is 0 Å². The van der Waals surface area contributed by atoms with Gasteiger partial charge in [-0.15, -0.1) is 0 Å². The van der Waals surface area contributed by atoms with Crippen LogP contribution >= 0.6 is 0 Å². The molecule has 0 heterocycles. The quantitative estimate of drug-likeness (QED) is 0.149. The van der Waals surface area contributed by atoms with E-state index in [0.29, 0.717) is 13.0 Å². The summed E-state index contributed by atoms with van der Waals surface area (Å²) >= 11 is 0. The molecule has 6 heteroatoms. The fourth-order valence-electron chi connectivity index (χ4n) is 3.47. The highest BCUT2D eigenvalue weighted by Crippen LogP contribution is 2.14. The van der Waals surface area contributed by atoms with E-state index in [9.17, 15) is 14.4 Å². The number of nitrogens with one attached hydrogen (secondary N) is 1. The lowest BCUT2D eigenvalue weighted by molar-refractivity contribution is -0.137. The number of carboxylic acid groups (broad SMARTS) is 2. The molecule has 0 aromatic carbocycles. The maximum Gasteiger partial charge on any atom is 0.328 e. The summed E-state index contributed by atoms with van der Waals surface area (Å²) in [5, 5.41) is 19.7. The minimum absolute atomic E-state index is 0.315. The lowest BCUT2D eigenvalue weighted by Crippen LogP contribution is -2.22. The fraction of sp³-hybridized carbons (Fsp3) is 0.792. The zero-order valence-corrected chi connectivity index (χ0v) is 18.7. The molecule has 6 nitrogen and oxygen atoms in total. The molecule has 0 aliphatic carbocycles. The van der Waals surface area contributed by atoms with E-state index in [-0.39, 0.29) is 5.91 Å². The third kappa shape index (κ3) is 24.2. The summed E-state index contributed by atoms with van der Waals surface area (Å²) in [5.41, 5.74) is 0. The van der Waals surface area contributed by atoms with Crippen molar-refractivity contribution in [1.29, 1.82) is 0 Å². The van der Waals surface area contributed by atoms with Gasteiger partial charge in [-0.2, -0.15) is 0 Å². The highest BCUT2D eigenvalue weighted by molar-refractivity contribution is 5.93. The van der Waals surface area contributed by atoms with E-state index in [2.05, 4.69) is 5.32 Å². The number of carboxylic acids is 2. The molecule has 30 heavy (non-hydrogen) atoms. The standard InChI is InChI=1S/C24H43NO5/c26-22(19-20-24(29)30)25-21-17-15-13-11-9-7-5-3-1-2-4-6-8-10-12-14-16-18-23(27)28/h19-20H,1-18,21H2,(H,25,26)(H,27,28)(H,29,30)/b20-19-. The average Bonchev–Trinajstić information content (AvgIpc) is 2.70. The molecule has 3 N–H and O–H groups in total. The van der Waals surface area contributed by atoms with Crippen molar-refractivity contribution < 1.29 is 24.6 Å². The Kier molecular flexibility index (Phi) is 20.5. The fourth-order valence-corrected chi connectivity index (χ4v) is 3.47. The van der Waals surface area contributed by atoms with Crippen LogP contribution in [0.5, 0.6) is 0 Å². The van der Waals surface area contributed by atoms with Crippen LogP contribution in [0.3, 0.4) is 0 Å². The monoisotopic (exact) mass is 425 g/mol. The molecule has 0 bridgehead atoms. The van der Waals surface area contributed by atoms with Crippen molar-refractivity contribution in [3.8, 4) is 0 Å². The number of carbonyl (C=O) groups excluding carboxylic acids is 1. The Hall–Kier alpha value is -1.85. The number of aliphatic carboxylic acids is 2. The van der Waals surface area contributed by atoms with Gasteiger partial charge in [0.05, 0.1) is 0 Å². The normalized spacial score (nSPS) is 11.1. The summed E-state index contributed by atoms with van der Waals surface area (Å²) in [4.78, 5) is 32.0. The highest BCUT2D eigenvalue weighted by atomic mass is 16.4. The first-order chi connectivity index (χ1) is 14.5. The Morgan fingerprint density at radius 3 is 1.27 bits per heavy atom. The second kappa shape index (κ2) is 21.8. The highest BCUT2D eigenvalue weighted by Gasteiger charge is 1.98. The molecule has 0 aromatic rings. The van der Waals surface area contributed by atoms with Gasteiger partial charge >= 0.3 is 11.9 Å². The zero-order chi connectivity index (χ0) is 22.3. The molecule has 0 unspecified atom stereocenters. The molecule has 0 saturated carbocycles. The molecule has 0 rings (SSSR count). The van der Waals surface area contributed by atoms with E-state index < -0.39 is 11.9 Å². The maximum absolute atomic E-state index is 11.3. The van der Waals surface area contributed by atoms with Crippen molar-refractivity contribution in [2.24, 2.45) is 0 Å². The van der Waals surface area contributed by atoms with Gasteiger partial charge in [-0.3, -0.25) is 9.59 Å². The summed E-state index contributed by atoms with van der Waals surface area (Å²) in [6, 6.07) is 0. The molecule has 0 aliphatic heterocycles. The van der Waals surface area contributed by atoms with Crippen LogP contribution in [0.1, 0.15) is 116 Å². The smallest absolute Gasteiger partial charge is 0.328 e. The van der Waals surface area contributed by atoms with Gasteiger partial charge in [-0.25, -0.2) is 4.79 Å². The molecular formula is C24H43NO5. The van der Waals surface area contributed by atoms with Crippen LogP contribution < -0.4 is 5.32 Å². The first-order valence-corrected chi connectivity index (χ1v) is 11.9. The predicted molar refractivity (Wildman–Crippen MR) is 121 cm³/mol. The zero-order valence-electron chi connectivity index (χ0n) is 18.7. The predicted octanol–water partition coefficient (Wildman–Crippen LogP) is 5.85. The van der Waals surface area contributed by atoms with Gasteiger partial charge in [-0.05, 0) is 12.8 Å². The molecule has 0 saturated heterocycles. The van der Waals surface area contributed by atoms with Gasteiger partial charge in [-0.1, -0.05) is 96.3 Å². The Labute approximate surface area is 182 Å². The van der Waals surface area contributed by atoms with Gasteiger partial charge in [0.25, 0.3) is 0 Å². The van der Waals surface area contributed by atoms with E-state index in [0.717, 1.165) is 37.8 Å². The molecule has 174 valence electrons. The molecule has 0 spiro atoms. The van der Waals surface area contributed by atoms with E-state index in [1.165, 1.54) is 83.5 Å². The molecule has 0 aliphatic rings. The van der Waals surface area contributed by atoms with Crippen molar-refractivity contribution in [3.63, 3.8) is 0 Å². The molecule has 1 amide bonds. The number of hydrogen-bond acceptors (Lipinski definition) is 3. The summed E-state index contributed by atoms with van der Waals surface area (Å²) in [7, 11) is 0. The van der Waals surface area contributed by atoms with Gasteiger partial charge in [0.1, 0.15) is 0 Å². The number of rotatable bonds is 22. The Morgan fingerprint density at radius 1 is 0.533 bits per heavy atom. The number of hydrogen-bond donors (Lipinski definition) is 3. The van der Waals surface area contributed by atoms with Crippen molar-refractivity contribution in [2.75, 3.05) is 6.54 Å². The second-order valence-electron chi connectivity index (χ2n) is 8.12. The number of carbonyl (C=O) groups is 3. The maximum atomic E-state index is 11.3. The van der Waals surface area contributed by atoms with Crippen LogP contribution in [0.15, 0.2) is 12.2 Å². The minimum atomic E-state index is -1.11. The Morgan fingerprint density at radius 2 is 0.900 bits per heavy atom. The van der Waals surface area contributed by atoms with E-state index in [4.69, 9.17) is 10.2 Å². The van der Waals surface area contributed by atoms with Crippen LogP contribution in [-0.2, 0) is 14.4 Å². The van der Waals surface area contributed by atoms with E-state index >= 15 is 0 Å². The summed E-state index contributed by atoms with van der Waals surface area (Å²) in [5.74, 6) is -2.13. The van der Waals surface area contributed by atoms with Crippen LogP contribution in [0, 0.1) is 0 Å². The molecule has 0 atom stereocenters. The summed E-state index contributed by atoms with van der Waals surface area (Å²) in [6.07, 6.45) is 22.9. The lowest BCUT2D eigenvalue weighted by atomic mass is 10.0. The summed E-state index contributed by atoms with van der Waals surface area (Å²) < 4.78 is 0. The van der Waals surface area contributed by atoms with Crippen LogP contribution in [0.4, 0.5) is 0 Å². The van der Waals surface area contributed by atoms with Gasteiger partial charge in [0.15, 0.2) is 0 Å². The minimum Gasteiger partial charge on any atom is -0.481 e. The molecule has 0 aromatic heterocycles. The number of amides is 1. The SMILES string of the molecule is O=C(O)/C=C\C(=O)NCCCCCCCCCCCCCCCCCCCC(=O)O. The summed E-state index contributed by atoms with van der Waals surface area (Å²) in [6.45, 7) is 0.605. The topological polar surface area (TPSA) is 104 Å².